The maximum atomic E-state index is 12.9. The number of amides is 1. The van der Waals surface area contributed by atoms with Crippen LogP contribution in [-0.4, -0.2) is 52.7 Å². The van der Waals surface area contributed by atoms with Gasteiger partial charge in [0.2, 0.25) is 5.79 Å². The van der Waals surface area contributed by atoms with Gasteiger partial charge in [0.15, 0.2) is 6.29 Å². The van der Waals surface area contributed by atoms with Crippen LogP contribution in [0.3, 0.4) is 0 Å². The minimum atomic E-state index is -1.11. The monoisotopic (exact) mass is 398 g/mol. The molecule has 9 heteroatoms. The number of fused-ring (bicyclic) bond motifs is 2. The van der Waals surface area contributed by atoms with Gasteiger partial charge in [0, 0.05) is 27.5 Å². The van der Waals surface area contributed by atoms with E-state index in [4.69, 9.17) is 14.2 Å². The topological polar surface area (TPSA) is 96.1 Å². The van der Waals surface area contributed by atoms with E-state index in [0.29, 0.717) is 22.4 Å². The Labute approximate surface area is 166 Å². The van der Waals surface area contributed by atoms with Crippen molar-refractivity contribution in [2.45, 2.75) is 19.0 Å². The van der Waals surface area contributed by atoms with E-state index < -0.39 is 12.1 Å². The van der Waals surface area contributed by atoms with Gasteiger partial charge in [-0.05, 0) is 36.8 Å². The van der Waals surface area contributed by atoms with Gasteiger partial charge in [-0.25, -0.2) is 4.98 Å². The lowest BCUT2D eigenvalue weighted by molar-refractivity contribution is -0.238. The SMILES string of the molecule is CO[C@@H]1C=C[C@@](CNC(=O)c2cc3c(=O)n4cccc(C)c4nc3n2C)(OC)O1. The summed E-state index contributed by atoms with van der Waals surface area (Å²) in [5, 5.41) is 3.17. The number of hydrogen-bond acceptors (Lipinski definition) is 6. The predicted octanol–water partition coefficient (Wildman–Crippen LogP) is 1.13. The summed E-state index contributed by atoms with van der Waals surface area (Å²) in [6.07, 6.45) is 4.55. The number of nitrogens with one attached hydrogen (secondary N) is 1. The third kappa shape index (κ3) is 3.13. The molecule has 0 saturated heterocycles. The molecule has 1 aliphatic rings. The zero-order valence-corrected chi connectivity index (χ0v) is 16.6. The fourth-order valence-corrected chi connectivity index (χ4v) is 3.46. The number of methoxy groups -OCH3 is 2. The molecule has 0 radical (unpaired) electrons. The summed E-state index contributed by atoms with van der Waals surface area (Å²) < 4.78 is 19.3. The zero-order chi connectivity index (χ0) is 20.8. The fraction of sp³-hybridized carbons (Fsp3) is 0.350. The van der Waals surface area contributed by atoms with Crippen LogP contribution in [0.25, 0.3) is 16.7 Å². The van der Waals surface area contributed by atoms with Crippen LogP contribution < -0.4 is 10.9 Å². The summed E-state index contributed by atoms with van der Waals surface area (Å²) in [6.45, 7) is 1.96. The smallest absolute Gasteiger partial charge is 0.268 e. The van der Waals surface area contributed by atoms with Crippen molar-refractivity contribution in [2.75, 3.05) is 20.8 Å². The molecule has 1 aliphatic heterocycles. The second kappa shape index (κ2) is 7.11. The molecule has 1 N–H and O–H groups in total. The highest BCUT2D eigenvalue weighted by Crippen LogP contribution is 2.24. The van der Waals surface area contributed by atoms with Gasteiger partial charge in [-0.15, -0.1) is 0 Å². The maximum absolute atomic E-state index is 12.9. The minimum Gasteiger partial charge on any atom is -0.352 e. The minimum absolute atomic E-state index is 0.0771. The molecule has 0 fully saturated rings. The number of ether oxygens (including phenoxy) is 3. The molecule has 2 atom stereocenters. The van der Waals surface area contributed by atoms with Crippen molar-refractivity contribution in [3.05, 3.63) is 58.2 Å². The zero-order valence-electron chi connectivity index (χ0n) is 16.6. The summed E-state index contributed by atoms with van der Waals surface area (Å²) in [6, 6.07) is 5.23. The molecule has 29 heavy (non-hydrogen) atoms. The Balaban J connectivity index is 1.67. The molecule has 4 heterocycles. The molecule has 0 saturated carbocycles. The third-order valence-corrected chi connectivity index (χ3v) is 5.15. The molecular formula is C20H22N4O5. The van der Waals surface area contributed by atoms with Gasteiger partial charge >= 0.3 is 0 Å². The standard InChI is InChI=1S/C20H22N4O5/c1-12-6-5-9-24-16(12)22-17-13(19(24)26)10-14(23(17)2)18(25)21-11-20(28-4)8-7-15(27-3)29-20/h5-10,15H,11H2,1-4H3,(H,21,25)/t15-,20+/m0/s1. The molecule has 0 aromatic carbocycles. The Hall–Kier alpha value is -3.01. The van der Waals surface area contributed by atoms with Gasteiger partial charge in [-0.2, -0.15) is 0 Å². The van der Waals surface area contributed by atoms with Gasteiger partial charge in [0.1, 0.15) is 17.0 Å². The molecule has 3 aromatic heterocycles. The third-order valence-electron chi connectivity index (χ3n) is 5.15. The Bertz CT molecular complexity index is 1200. The van der Waals surface area contributed by atoms with Crippen molar-refractivity contribution < 1.29 is 19.0 Å². The van der Waals surface area contributed by atoms with Crippen molar-refractivity contribution in [1.82, 2.24) is 19.3 Å². The van der Waals surface area contributed by atoms with Crippen LogP contribution >= 0.6 is 0 Å². The average molecular weight is 398 g/mol. The van der Waals surface area contributed by atoms with Crippen LogP contribution in [0.1, 0.15) is 16.1 Å². The molecule has 0 spiro atoms. The second-order valence-electron chi connectivity index (χ2n) is 6.91. The lowest BCUT2D eigenvalue weighted by Crippen LogP contribution is -2.45. The molecule has 0 unspecified atom stereocenters. The van der Waals surface area contributed by atoms with Crippen molar-refractivity contribution >= 4 is 22.6 Å². The molecule has 152 valence electrons. The molecule has 9 nitrogen and oxygen atoms in total. The first kappa shape index (κ1) is 19.3. The van der Waals surface area contributed by atoms with E-state index in [1.54, 1.807) is 42.1 Å². The Morgan fingerprint density at radius 3 is 2.86 bits per heavy atom. The summed E-state index contributed by atoms with van der Waals surface area (Å²) in [5.41, 5.74) is 1.98. The Morgan fingerprint density at radius 2 is 2.17 bits per heavy atom. The lowest BCUT2D eigenvalue weighted by atomic mass is 10.2. The average Bonchev–Trinajstić information content (AvgIpc) is 3.30. The van der Waals surface area contributed by atoms with Crippen LogP contribution in [0.5, 0.6) is 0 Å². The van der Waals surface area contributed by atoms with E-state index in [-0.39, 0.29) is 18.0 Å². The number of carbonyl (C=O) groups is 1. The van der Waals surface area contributed by atoms with Crippen molar-refractivity contribution in [3.63, 3.8) is 0 Å². The summed E-state index contributed by atoms with van der Waals surface area (Å²) in [5.74, 6) is -1.48. The molecule has 0 bridgehead atoms. The first-order valence-corrected chi connectivity index (χ1v) is 9.10. The number of pyridine rings is 1. The lowest BCUT2D eigenvalue weighted by Gasteiger charge is -2.27. The molecule has 1 amide bonds. The van der Waals surface area contributed by atoms with Gasteiger partial charge < -0.3 is 24.1 Å². The number of nitrogens with zero attached hydrogens (tertiary/aromatic N) is 3. The normalized spacial score (nSPS) is 21.3. The van der Waals surface area contributed by atoms with Crippen LogP contribution in [0.4, 0.5) is 0 Å². The van der Waals surface area contributed by atoms with Crippen LogP contribution in [0, 0.1) is 6.92 Å². The van der Waals surface area contributed by atoms with Crippen LogP contribution in [-0.2, 0) is 21.3 Å². The number of rotatable bonds is 5. The summed E-state index contributed by atoms with van der Waals surface area (Å²) in [7, 11) is 4.72. The van der Waals surface area contributed by atoms with E-state index >= 15 is 0 Å². The largest absolute Gasteiger partial charge is 0.352 e. The van der Waals surface area contributed by atoms with Crippen LogP contribution in [0.15, 0.2) is 41.3 Å². The quantitative estimate of drug-likeness (QED) is 0.647. The maximum Gasteiger partial charge on any atom is 0.268 e. The fourth-order valence-electron chi connectivity index (χ4n) is 3.46. The molecule has 4 rings (SSSR count). The summed E-state index contributed by atoms with van der Waals surface area (Å²) in [4.78, 5) is 30.3. The predicted molar refractivity (Wildman–Crippen MR) is 106 cm³/mol. The van der Waals surface area contributed by atoms with Gasteiger partial charge in [-0.3, -0.25) is 14.0 Å². The van der Waals surface area contributed by atoms with Crippen molar-refractivity contribution in [3.8, 4) is 0 Å². The van der Waals surface area contributed by atoms with Gasteiger partial charge in [0.25, 0.3) is 11.5 Å². The molecule has 3 aromatic rings. The van der Waals surface area contributed by atoms with E-state index in [1.807, 2.05) is 13.0 Å². The first-order chi connectivity index (χ1) is 13.9. The van der Waals surface area contributed by atoms with Crippen molar-refractivity contribution in [1.29, 1.82) is 0 Å². The number of aromatic nitrogens is 3. The Morgan fingerprint density at radius 1 is 1.38 bits per heavy atom. The van der Waals surface area contributed by atoms with E-state index in [9.17, 15) is 9.59 Å². The van der Waals surface area contributed by atoms with Crippen molar-refractivity contribution in [2.24, 2.45) is 7.05 Å². The van der Waals surface area contributed by atoms with E-state index in [1.165, 1.54) is 18.6 Å². The van der Waals surface area contributed by atoms with Gasteiger partial charge in [-0.1, -0.05) is 6.07 Å². The van der Waals surface area contributed by atoms with Crippen LogP contribution in [0.2, 0.25) is 0 Å². The molecule has 0 aliphatic carbocycles. The number of hydrogen-bond donors (Lipinski definition) is 1. The highest BCUT2D eigenvalue weighted by atomic mass is 16.8. The number of aryl methyl sites for hydroxylation is 2. The Kier molecular flexibility index (Phi) is 4.73. The first-order valence-electron chi connectivity index (χ1n) is 9.10. The van der Waals surface area contributed by atoms with E-state index in [2.05, 4.69) is 10.3 Å². The number of carbonyl (C=O) groups excluding carboxylic acids is 1. The van der Waals surface area contributed by atoms with Gasteiger partial charge in [0.05, 0.1) is 11.9 Å². The summed E-state index contributed by atoms with van der Waals surface area (Å²) >= 11 is 0. The second-order valence-corrected chi connectivity index (χ2v) is 6.91. The molecular weight excluding hydrogens is 376 g/mol. The highest BCUT2D eigenvalue weighted by molar-refractivity contribution is 5.98. The highest BCUT2D eigenvalue weighted by Gasteiger charge is 2.36. The van der Waals surface area contributed by atoms with E-state index in [0.717, 1.165) is 5.56 Å².